The summed E-state index contributed by atoms with van der Waals surface area (Å²) in [6.07, 6.45) is 3.53. The summed E-state index contributed by atoms with van der Waals surface area (Å²) >= 11 is 0. The van der Waals surface area contributed by atoms with E-state index in [0.717, 1.165) is 11.1 Å². The first kappa shape index (κ1) is 35.8. The molecule has 0 spiro atoms. The molecular weight excluding hydrogens is 610 g/mol. The third-order valence-electron chi connectivity index (χ3n) is 8.21. The Labute approximate surface area is 282 Å². The van der Waals surface area contributed by atoms with Gasteiger partial charge in [0.25, 0.3) is 11.8 Å². The monoisotopic (exact) mass is 657 g/mol. The third kappa shape index (κ3) is 10.2. The Morgan fingerprint density at radius 2 is 1.58 bits per heavy atom. The van der Waals surface area contributed by atoms with Crippen LogP contribution in [0.1, 0.15) is 78.9 Å². The van der Waals surface area contributed by atoms with Crippen LogP contribution in [0.5, 0.6) is 0 Å². The molecule has 3 atom stereocenters. The normalized spacial score (nSPS) is 20.4. The standard InChI is InChI=1S/C36H47N7O5/c1-5-43-20-17-29(41-43)36(48)42-19-10-9-18-37-32(44)25(4)38-34(46)30(21-24(2)3)40-35(47)31(22-26-11-7-6-8-12-26)39-33(45)28-15-13-27(23-42)14-16-28/h6-8,11-17,20,24-25,30-31H,5,9-10,18-19,21-23H2,1-4H3,(H,37,44)(H,38,46)(H,39,45)(H,40,47)/t25-,30+,31-/m1/s1. The SMILES string of the molecule is CCn1ccc(C(=O)N2CCCCNC(=O)[C@@H](C)NC(=O)[C@H](CC(C)C)NC(=O)[C@@H](Cc3ccccc3)NC(=O)c3ccc(cc3)C2)n1. The van der Waals surface area contributed by atoms with Gasteiger partial charge in [-0.3, -0.25) is 28.7 Å². The highest BCUT2D eigenvalue weighted by Crippen LogP contribution is 2.14. The number of hydrogen-bond acceptors (Lipinski definition) is 6. The molecule has 2 aliphatic heterocycles. The van der Waals surface area contributed by atoms with Crippen LogP contribution in [-0.4, -0.2) is 75.4 Å². The van der Waals surface area contributed by atoms with Gasteiger partial charge in [-0.1, -0.05) is 56.3 Å². The first-order chi connectivity index (χ1) is 23.0. The van der Waals surface area contributed by atoms with E-state index in [2.05, 4.69) is 26.4 Å². The number of amides is 5. The first-order valence-corrected chi connectivity index (χ1v) is 16.7. The second-order valence-corrected chi connectivity index (χ2v) is 12.6. The Morgan fingerprint density at radius 3 is 2.25 bits per heavy atom. The minimum Gasteiger partial charge on any atom is -0.354 e. The van der Waals surface area contributed by atoms with E-state index in [9.17, 15) is 24.0 Å². The number of nitrogens with one attached hydrogen (secondary N) is 4. The summed E-state index contributed by atoms with van der Waals surface area (Å²) < 4.78 is 1.70. The molecule has 2 aromatic carbocycles. The maximum Gasteiger partial charge on any atom is 0.274 e. The fourth-order valence-corrected chi connectivity index (χ4v) is 5.50. The van der Waals surface area contributed by atoms with Crippen LogP contribution in [0, 0.1) is 5.92 Å². The van der Waals surface area contributed by atoms with Gasteiger partial charge in [0.2, 0.25) is 17.7 Å². The van der Waals surface area contributed by atoms with Gasteiger partial charge < -0.3 is 26.2 Å². The molecule has 12 heteroatoms. The Hall–Kier alpha value is -5.00. The van der Waals surface area contributed by atoms with Gasteiger partial charge in [-0.2, -0.15) is 5.10 Å². The maximum atomic E-state index is 13.7. The molecule has 0 aliphatic carbocycles. The number of hydrogen-bond donors (Lipinski definition) is 4. The van der Waals surface area contributed by atoms with Crippen molar-refractivity contribution in [1.82, 2.24) is 35.9 Å². The largest absolute Gasteiger partial charge is 0.354 e. The zero-order valence-corrected chi connectivity index (χ0v) is 28.2. The summed E-state index contributed by atoms with van der Waals surface area (Å²) in [6.45, 7) is 9.14. The highest BCUT2D eigenvalue weighted by Gasteiger charge is 2.29. The number of fused-ring (bicyclic) bond motifs is 18. The van der Waals surface area contributed by atoms with Crippen molar-refractivity contribution in [3.63, 3.8) is 0 Å². The molecule has 3 heterocycles. The number of aryl methyl sites for hydroxylation is 1. The fraction of sp³-hybridized carbons (Fsp3) is 0.444. The molecule has 0 saturated heterocycles. The molecule has 0 radical (unpaired) electrons. The molecule has 0 fully saturated rings. The summed E-state index contributed by atoms with van der Waals surface area (Å²) in [6, 6.07) is 15.2. The minimum absolute atomic E-state index is 0.0640. The molecule has 5 rings (SSSR count). The van der Waals surface area contributed by atoms with Crippen molar-refractivity contribution < 1.29 is 24.0 Å². The van der Waals surface area contributed by atoms with Gasteiger partial charge >= 0.3 is 0 Å². The Bertz CT molecular complexity index is 1550. The zero-order chi connectivity index (χ0) is 34.6. The van der Waals surface area contributed by atoms with Crippen LogP contribution >= 0.6 is 0 Å². The van der Waals surface area contributed by atoms with Gasteiger partial charge in [0.15, 0.2) is 0 Å². The first-order valence-electron chi connectivity index (χ1n) is 16.7. The predicted molar refractivity (Wildman–Crippen MR) is 182 cm³/mol. The van der Waals surface area contributed by atoms with Gasteiger partial charge in [-0.25, -0.2) is 0 Å². The van der Waals surface area contributed by atoms with E-state index in [4.69, 9.17) is 0 Å². The van der Waals surface area contributed by atoms with Gasteiger partial charge in [-0.05, 0) is 68.4 Å². The number of rotatable bonds is 6. The molecule has 12 nitrogen and oxygen atoms in total. The van der Waals surface area contributed by atoms with Gasteiger partial charge in [-0.15, -0.1) is 0 Å². The minimum atomic E-state index is -0.979. The maximum absolute atomic E-state index is 13.7. The van der Waals surface area contributed by atoms with Crippen molar-refractivity contribution in [2.45, 2.75) is 84.6 Å². The van der Waals surface area contributed by atoms with Crippen molar-refractivity contribution in [3.05, 3.63) is 89.2 Å². The van der Waals surface area contributed by atoms with Gasteiger partial charge in [0.05, 0.1) is 0 Å². The second-order valence-electron chi connectivity index (χ2n) is 12.6. The number of carbonyl (C=O) groups is 5. The number of aromatic nitrogens is 2. The Morgan fingerprint density at radius 1 is 0.875 bits per heavy atom. The topological polar surface area (TPSA) is 155 Å². The van der Waals surface area contributed by atoms with Crippen LogP contribution in [0.25, 0.3) is 0 Å². The highest BCUT2D eigenvalue weighted by molar-refractivity contribution is 5.99. The lowest BCUT2D eigenvalue weighted by Gasteiger charge is -2.25. The average molecular weight is 658 g/mol. The Kier molecular flexibility index (Phi) is 12.9. The second kappa shape index (κ2) is 17.2. The molecular formula is C36H47N7O5. The lowest BCUT2D eigenvalue weighted by Crippen LogP contribution is -2.57. The molecule has 2 bridgehead atoms. The van der Waals surface area contributed by atoms with Crippen LogP contribution < -0.4 is 21.3 Å². The summed E-state index contributed by atoms with van der Waals surface area (Å²) in [7, 11) is 0. The summed E-state index contributed by atoms with van der Waals surface area (Å²) in [5, 5.41) is 15.7. The van der Waals surface area contributed by atoms with Crippen LogP contribution in [0.4, 0.5) is 0 Å². The molecule has 1 aromatic heterocycles. The van der Waals surface area contributed by atoms with E-state index in [1.165, 1.54) is 0 Å². The van der Waals surface area contributed by atoms with Crippen LogP contribution in [0.15, 0.2) is 66.9 Å². The lowest BCUT2D eigenvalue weighted by molar-refractivity contribution is -0.132. The van der Waals surface area contributed by atoms with Crippen LogP contribution in [-0.2, 0) is 33.9 Å². The summed E-state index contributed by atoms with van der Waals surface area (Å²) in [4.78, 5) is 68.7. The van der Waals surface area contributed by atoms with Gasteiger partial charge in [0, 0.05) is 44.4 Å². The van der Waals surface area contributed by atoms with E-state index in [1.807, 2.05) is 51.1 Å². The molecule has 3 aromatic rings. The van der Waals surface area contributed by atoms with Crippen molar-refractivity contribution in [2.75, 3.05) is 13.1 Å². The van der Waals surface area contributed by atoms with Crippen LogP contribution in [0.3, 0.4) is 0 Å². The molecule has 0 saturated carbocycles. The van der Waals surface area contributed by atoms with Crippen molar-refractivity contribution >= 4 is 29.5 Å². The molecule has 5 amide bonds. The molecule has 0 unspecified atom stereocenters. The zero-order valence-electron chi connectivity index (χ0n) is 28.2. The van der Waals surface area contributed by atoms with Crippen molar-refractivity contribution in [3.8, 4) is 0 Å². The molecule has 4 N–H and O–H groups in total. The molecule has 256 valence electrons. The molecule has 2 aliphatic rings. The summed E-state index contributed by atoms with van der Waals surface area (Å²) in [5.74, 6) is -1.94. The van der Waals surface area contributed by atoms with Crippen molar-refractivity contribution in [2.24, 2.45) is 5.92 Å². The summed E-state index contributed by atoms with van der Waals surface area (Å²) in [5.41, 5.74) is 2.35. The third-order valence-corrected chi connectivity index (χ3v) is 8.21. The van der Waals surface area contributed by atoms with E-state index in [-0.39, 0.29) is 24.2 Å². The quantitative estimate of drug-likeness (QED) is 0.299. The van der Waals surface area contributed by atoms with E-state index in [0.29, 0.717) is 56.7 Å². The smallest absolute Gasteiger partial charge is 0.274 e. The fourth-order valence-electron chi connectivity index (χ4n) is 5.50. The van der Waals surface area contributed by atoms with Crippen molar-refractivity contribution in [1.29, 1.82) is 0 Å². The van der Waals surface area contributed by atoms with E-state index >= 15 is 0 Å². The molecule has 48 heavy (non-hydrogen) atoms. The average Bonchev–Trinajstić information content (AvgIpc) is 3.56. The number of benzene rings is 2. The van der Waals surface area contributed by atoms with Crippen LogP contribution in [0.2, 0.25) is 0 Å². The Balaban J connectivity index is 1.62. The predicted octanol–water partition coefficient (Wildman–Crippen LogP) is 2.83. The lowest BCUT2D eigenvalue weighted by atomic mass is 10.0. The van der Waals surface area contributed by atoms with E-state index < -0.39 is 35.8 Å². The van der Waals surface area contributed by atoms with Gasteiger partial charge in [0.1, 0.15) is 23.8 Å². The highest BCUT2D eigenvalue weighted by atomic mass is 16.2. The number of carbonyl (C=O) groups excluding carboxylic acids is 5. The number of nitrogens with zero attached hydrogens (tertiary/aromatic N) is 3. The van der Waals surface area contributed by atoms with E-state index in [1.54, 1.807) is 53.0 Å².